The Balaban J connectivity index is 2.78. The van der Waals surface area contributed by atoms with Crippen LogP contribution < -0.4 is 5.32 Å². The number of carbonyl (C=O) groups excluding carboxylic acids is 1. The number of carboxylic acid groups (broad SMARTS) is 1. The first kappa shape index (κ1) is 17.7. The van der Waals surface area contributed by atoms with Crippen LogP contribution in [0.4, 0.5) is 0 Å². The van der Waals surface area contributed by atoms with E-state index in [0.29, 0.717) is 11.3 Å². The maximum absolute atomic E-state index is 12.2. The molecule has 1 amide bonds. The Morgan fingerprint density at radius 3 is 2.48 bits per heavy atom. The number of hydrogen-bond acceptors (Lipinski definition) is 3. The van der Waals surface area contributed by atoms with E-state index in [2.05, 4.69) is 19.2 Å². The molecule has 0 saturated carbocycles. The highest BCUT2D eigenvalue weighted by molar-refractivity contribution is 7.14. The fraction of sp³-hybridized carbons (Fsp3) is 0.625. The third-order valence-electron chi connectivity index (χ3n) is 3.91. The van der Waals surface area contributed by atoms with Crippen LogP contribution in [0, 0.1) is 5.41 Å². The van der Waals surface area contributed by atoms with Gasteiger partial charge in [-0.1, -0.05) is 27.2 Å². The van der Waals surface area contributed by atoms with Crippen molar-refractivity contribution in [1.29, 1.82) is 0 Å². The molecule has 0 radical (unpaired) electrons. The third-order valence-corrected chi connectivity index (χ3v) is 5.15. The van der Waals surface area contributed by atoms with Gasteiger partial charge in [0.1, 0.15) is 0 Å². The lowest BCUT2D eigenvalue weighted by molar-refractivity contribution is -0.147. The first-order chi connectivity index (χ1) is 9.87. The van der Waals surface area contributed by atoms with Gasteiger partial charge in [-0.3, -0.25) is 9.59 Å². The Kier molecular flexibility index (Phi) is 6.40. The Morgan fingerprint density at radius 2 is 2.00 bits per heavy atom. The average molecular weight is 311 g/mol. The molecule has 21 heavy (non-hydrogen) atoms. The number of rotatable bonds is 8. The fourth-order valence-electron chi connectivity index (χ4n) is 2.03. The minimum absolute atomic E-state index is 0.153. The van der Waals surface area contributed by atoms with Crippen LogP contribution in [0.25, 0.3) is 0 Å². The zero-order chi connectivity index (χ0) is 16.0. The van der Waals surface area contributed by atoms with E-state index in [-0.39, 0.29) is 12.5 Å². The quantitative estimate of drug-likeness (QED) is 0.772. The molecule has 1 aromatic heterocycles. The molecule has 2 N–H and O–H groups in total. The number of amides is 1. The lowest BCUT2D eigenvalue weighted by Crippen LogP contribution is -2.40. The van der Waals surface area contributed by atoms with Crippen molar-refractivity contribution in [3.63, 3.8) is 0 Å². The maximum Gasteiger partial charge on any atom is 0.311 e. The minimum atomic E-state index is -0.910. The van der Waals surface area contributed by atoms with Crippen molar-refractivity contribution in [3.8, 4) is 0 Å². The minimum Gasteiger partial charge on any atom is -0.481 e. The standard InChI is InChI=1S/C16H25NO3S/c1-5-8-12-11(6-2)9-13(21-12)14(18)17-10-16(4,7-3)15(19)20/h9H,5-8,10H2,1-4H3,(H,17,18)(H,19,20). The van der Waals surface area contributed by atoms with Crippen LogP contribution in [0.15, 0.2) is 6.07 Å². The molecule has 1 rings (SSSR count). The predicted octanol–water partition coefficient (Wildman–Crippen LogP) is 3.49. The number of aliphatic carboxylic acids is 1. The summed E-state index contributed by atoms with van der Waals surface area (Å²) in [6.45, 7) is 7.84. The van der Waals surface area contributed by atoms with Gasteiger partial charge in [-0.05, 0) is 37.8 Å². The molecule has 1 aromatic rings. The summed E-state index contributed by atoms with van der Waals surface area (Å²) in [4.78, 5) is 25.4. The molecule has 4 nitrogen and oxygen atoms in total. The van der Waals surface area contributed by atoms with Crippen LogP contribution in [0.5, 0.6) is 0 Å². The van der Waals surface area contributed by atoms with E-state index in [1.165, 1.54) is 21.8 Å². The molecular weight excluding hydrogens is 286 g/mol. The molecule has 0 aliphatic rings. The van der Waals surface area contributed by atoms with E-state index in [4.69, 9.17) is 0 Å². The summed E-state index contributed by atoms with van der Waals surface area (Å²) in [6, 6.07) is 1.94. The third kappa shape index (κ3) is 4.30. The number of carbonyl (C=O) groups is 2. The van der Waals surface area contributed by atoms with Crippen LogP contribution in [0.3, 0.4) is 0 Å². The monoisotopic (exact) mass is 311 g/mol. The molecule has 0 saturated heterocycles. The van der Waals surface area contributed by atoms with Crippen LogP contribution in [-0.4, -0.2) is 23.5 Å². The van der Waals surface area contributed by atoms with Crippen molar-refractivity contribution in [2.24, 2.45) is 5.41 Å². The lowest BCUT2D eigenvalue weighted by atomic mass is 9.88. The Labute approximate surface area is 130 Å². The SMILES string of the molecule is CCCc1sc(C(=O)NCC(C)(CC)C(=O)O)cc1CC. The smallest absolute Gasteiger partial charge is 0.311 e. The lowest BCUT2D eigenvalue weighted by Gasteiger charge is -2.22. The molecule has 0 bridgehead atoms. The van der Waals surface area contributed by atoms with E-state index in [0.717, 1.165) is 19.3 Å². The van der Waals surface area contributed by atoms with Gasteiger partial charge in [0.05, 0.1) is 10.3 Å². The summed E-state index contributed by atoms with van der Waals surface area (Å²) in [6.07, 6.45) is 3.44. The van der Waals surface area contributed by atoms with Crippen LogP contribution in [0.1, 0.15) is 60.6 Å². The van der Waals surface area contributed by atoms with Crippen LogP contribution in [0.2, 0.25) is 0 Å². The topological polar surface area (TPSA) is 66.4 Å². The van der Waals surface area contributed by atoms with E-state index >= 15 is 0 Å². The summed E-state index contributed by atoms with van der Waals surface area (Å²) in [5.41, 5.74) is 0.315. The van der Waals surface area contributed by atoms with Crippen molar-refractivity contribution < 1.29 is 14.7 Å². The molecule has 0 aromatic carbocycles. The van der Waals surface area contributed by atoms with Gasteiger partial charge in [-0.25, -0.2) is 0 Å². The van der Waals surface area contributed by atoms with Gasteiger partial charge in [0.15, 0.2) is 0 Å². The van der Waals surface area contributed by atoms with Gasteiger partial charge in [-0.15, -0.1) is 11.3 Å². The number of thiophene rings is 1. The zero-order valence-electron chi connectivity index (χ0n) is 13.3. The van der Waals surface area contributed by atoms with Gasteiger partial charge in [0.2, 0.25) is 0 Å². The summed E-state index contributed by atoms with van der Waals surface area (Å²) >= 11 is 1.52. The van der Waals surface area contributed by atoms with Crippen LogP contribution >= 0.6 is 11.3 Å². The average Bonchev–Trinajstić information content (AvgIpc) is 2.87. The predicted molar refractivity (Wildman–Crippen MR) is 86.1 cm³/mol. The highest BCUT2D eigenvalue weighted by Gasteiger charge is 2.31. The maximum atomic E-state index is 12.2. The van der Waals surface area contributed by atoms with Gasteiger partial charge >= 0.3 is 5.97 Å². The number of aryl methyl sites for hydroxylation is 2. The molecular formula is C16H25NO3S. The van der Waals surface area contributed by atoms with Crippen LogP contribution in [-0.2, 0) is 17.6 Å². The summed E-state index contributed by atoms with van der Waals surface area (Å²) in [7, 11) is 0. The molecule has 1 unspecified atom stereocenters. The molecule has 0 aliphatic heterocycles. The summed E-state index contributed by atoms with van der Waals surface area (Å²) < 4.78 is 0. The van der Waals surface area contributed by atoms with Crippen molar-refractivity contribution in [2.45, 2.75) is 53.4 Å². The molecule has 0 aliphatic carbocycles. The second kappa shape index (κ2) is 7.59. The van der Waals surface area contributed by atoms with E-state index in [9.17, 15) is 14.7 Å². The second-order valence-electron chi connectivity index (χ2n) is 5.56. The molecule has 1 atom stereocenters. The summed E-state index contributed by atoms with van der Waals surface area (Å²) in [5, 5.41) is 12.0. The highest BCUT2D eigenvalue weighted by Crippen LogP contribution is 2.25. The Bertz CT molecular complexity index is 510. The van der Waals surface area contributed by atoms with Crippen molar-refractivity contribution in [1.82, 2.24) is 5.32 Å². The fourth-order valence-corrected chi connectivity index (χ4v) is 3.30. The van der Waals surface area contributed by atoms with Gasteiger partial charge < -0.3 is 10.4 Å². The van der Waals surface area contributed by atoms with Crippen molar-refractivity contribution >= 4 is 23.2 Å². The van der Waals surface area contributed by atoms with Gasteiger partial charge in [0, 0.05) is 11.4 Å². The first-order valence-electron chi connectivity index (χ1n) is 7.51. The van der Waals surface area contributed by atoms with Gasteiger partial charge in [0.25, 0.3) is 5.91 Å². The number of carboxylic acids is 1. The highest BCUT2D eigenvalue weighted by atomic mass is 32.1. The second-order valence-corrected chi connectivity index (χ2v) is 6.70. The number of nitrogens with one attached hydrogen (secondary N) is 1. The Morgan fingerprint density at radius 1 is 1.33 bits per heavy atom. The molecule has 0 fully saturated rings. The molecule has 0 spiro atoms. The largest absolute Gasteiger partial charge is 0.481 e. The van der Waals surface area contributed by atoms with E-state index in [1.54, 1.807) is 6.92 Å². The molecule has 5 heteroatoms. The molecule has 1 heterocycles. The summed E-state index contributed by atoms with van der Waals surface area (Å²) in [5.74, 6) is -1.05. The van der Waals surface area contributed by atoms with Crippen molar-refractivity contribution in [2.75, 3.05) is 6.54 Å². The van der Waals surface area contributed by atoms with Crippen molar-refractivity contribution in [3.05, 3.63) is 21.4 Å². The Hall–Kier alpha value is -1.36. The first-order valence-corrected chi connectivity index (χ1v) is 8.32. The zero-order valence-corrected chi connectivity index (χ0v) is 14.1. The number of hydrogen-bond donors (Lipinski definition) is 2. The van der Waals surface area contributed by atoms with Gasteiger partial charge in [-0.2, -0.15) is 0 Å². The van der Waals surface area contributed by atoms with E-state index < -0.39 is 11.4 Å². The molecule has 118 valence electrons. The van der Waals surface area contributed by atoms with E-state index in [1.807, 2.05) is 13.0 Å². The normalized spacial score (nSPS) is 13.7.